The number of nitrogens with zero attached hydrogens (tertiary/aromatic N) is 1. The number of rotatable bonds is 1. The van der Waals surface area contributed by atoms with Crippen molar-refractivity contribution in [2.24, 2.45) is 0 Å². The number of hydrogen-bond acceptors (Lipinski definition) is 3. The van der Waals surface area contributed by atoms with Gasteiger partial charge in [0.25, 0.3) is 0 Å². The number of aromatic nitrogens is 1. The van der Waals surface area contributed by atoms with Gasteiger partial charge in [0.2, 0.25) is 0 Å². The van der Waals surface area contributed by atoms with E-state index in [-0.39, 0.29) is 6.04 Å². The third-order valence-electron chi connectivity index (χ3n) is 3.39. The average Bonchev–Trinajstić information content (AvgIpc) is 2.37. The van der Waals surface area contributed by atoms with Crippen LogP contribution in [0.5, 0.6) is 5.75 Å². The average molecular weight is 240 g/mol. The zero-order chi connectivity index (χ0) is 12.5. The normalized spacial score (nSPS) is 18.4. The van der Waals surface area contributed by atoms with Crippen molar-refractivity contribution < 1.29 is 5.11 Å². The lowest BCUT2D eigenvalue weighted by atomic mass is 9.92. The standard InChI is InChI=1S/C15H16N2O/c1-10-3-2-4-14(17-10)15-13-6-5-12(18)9-11(13)7-8-16-15/h2-6,9,15-16,18H,7-8H2,1H3/t15-/m1/s1. The summed E-state index contributed by atoms with van der Waals surface area (Å²) in [7, 11) is 0. The molecule has 1 aliphatic heterocycles. The molecular formula is C15H16N2O. The Labute approximate surface area is 107 Å². The Kier molecular flexibility index (Phi) is 2.76. The number of phenolic OH excluding ortho intramolecular Hbond substituents is 1. The minimum Gasteiger partial charge on any atom is -0.508 e. The summed E-state index contributed by atoms with van der Waals surface area (Å²) in [4.78, 5) is 4.59. The minimum absolute atomic E-state index is 0.134. The predicted octanol–water partition coefficient (Wildman–Crippen LogP) is 2.33. The molecule has 0 unspecified atom stereocenters. The molecule has 2 N–H and O–H groups in total. The molecule has 0 saturated heterocycles. The molecule has 3 heteroatoms. The summed E-state index contributed by atoms with van der Waals surface area (Å²) in [5.74, 6) is 0.339. The molecule has 0 radical (unpaired) electrons. The summed E-state index contributed by atoms with van der Waals surface area (Å²) < 4.78 is 0. The molecule has 0 bridgehead atoms. The number of phenols is 1. The van der Waals surface area contributed by atoms with Gasteiger partial charge >= 0.3 is 0 Å². The quantitative estimate of drug-likeness (QED) is 0.804. The van der Waals surface area contributed by atoms with Gasteiger partial charge < -0.3 is 10.4 Å². The Hall–Kier alpha value is -1.87. The van der Waals surface area contributed by atoms with Crippen molar-refractivity contribution in [2.45, 2.75) is 19.4 Å². The van der Waals surface area contributed by atoms with Crippen LogP contribution in [0.4, 0.5) is 0 Å². The van der Waals surface area contributed by atoms with E-state index >= 15 is 0 Å². The van der Waals surface area contributed by atoms with E-state index in [0.717, 1.165) is 24.4 Å². The van der Waals surface area contributed by atoms with Gasteiger partial charge in [-0.1, -0.05) is 12.1 Å². The van der Waals surface area contributed by atoms with Crippen molar-refractivity contribution in [1.29, 1.82) is 0 Å². The van der Waals surface area contributed by atoms with Crippen LogP contribution in [-0.2, 0) is 6.42 Å². The van der Waals surface area contributed by atoms with Crippen LogP contribution >= 0.6 is 0 Å². The molecule has 1 atom stereocenters. The summed E-state index contributed by atoms with van der Waals surface area (Å²) in [6, 6.07) is 11.8. The lowest BCUT2D eigenvalue weighted by Crippen LogP contribution is -2.31. The molecule has 1 aromatic carbocycles. The third kappa shape index (κ3) is 1.97. The Morgan fingerprint density at radius 1 is 1.28 bits per heavy atom. The first-order valence-electron chi connectivity index (χ1n) is 6.23. The number of pyridine rings is 1. The van der Waals surface area contributed by atoms with E-state index in [4.69, 9.17) is 0 Å². The van der Waals surface area contributed by atoms with Gasteiger partial charge in [-0.2, -0.15) is 0 Å². The van der Waals surface area contributed by atoms with Crippen LogP contribution < -0.4 is 5.32 Å². The molecule has 2 heterocycles. The summed E-state index contributed by atoms with van der Waals surface area (Å²) in [6.07, 6.45) is 0.950. The van der Waals surface area contributed by atoms with E-state index < -0.39 is 0 Å². The maximum atomic E-state index is 9.55. The first-order valence-corrected chi connectivity index (χ1v) is 6.23. The van der Waals surface area contributed by atoms with Crippen LogP contribution in [0.2, 0.25) is 0 Å². The van der Waals surface area contributed by atoms with Gasteiger partial charge in [0, 0.05) is 12.2 Å². The van der Waals surface area contributed by atoms with Crippen molar-refractivity contribution in [2.75, 3.05) is 6.54 Å². The van der Waals surface area contributed by atoms with Crippen LogP contribution in [-0.4, -0.2) is 16.6 Å². The molecule has 3 rings (SSSR count). The lowest BCUT2D eigenvalue weighted by Gasteiger charge is -2.26. The highest BCUT2D eigenvalue weighted by Crippen LogP contribution is 2.29. The maximum Gasteiger partial charge on any atom is 0.115 e. The van der Waals surface area contributed by atoms with Gasteiger partial charge in [0.15, 0.2) is 0 Å². The number of hydrogen-bond donors (Lipinski definition) is 2. The largest absolute Gasteiger partial charge is 0.508 e. The number of aromatic hydroxyl groups is 1. The van der Waals surface area contributed by atoms with Crippen molar-refractivity contribution >= 4 is 0 Å². The summed E-state index contributed by atoms with van der Waals surface area (Å²) in [5.41, 5.74) is 4.50. The highest BCUT2D eigenvalue weighted by molar-refractivity contribution is 5.41. The molecule has 3 nitrogen and oxygen atoms in total. The first kappa shape index (κ1) is 11.2. The molecule has 2 aromatic rings. The fourth-order valence-electron chi connectivity index (χ4n) is 2.54. The van der Waals surface area contributed by atoms with Gasteiger partial charge in [-0.3, -0.25) is 4.98 Å². The van der Waals surface area contributed by atoms with Crippen LogP contribution in [0.25, 0.3) is 0 Å². The maximum absolute atomic E-state index is 9.55. The highest BCUT2D eigenvalue weighted by Gasteiger charge is 2.22. The summed E-state index contributed by atoms with van der Waals surface area (Å²) in [5, 5.41) is 13.0. The van der Waals surface area contributed by atoms with Crippen molar-refractivity contribution in [3.05, 3.63) is 58.9 Å². The fourth-order valence-corrected chi connectivity index (χ4v) is 2.54. The van der Waals surface area contributed by atoms with Crippen LogP contribution in [0.15, 0.2) is 36.4 Å². The zero-order valence-corrected chi connectivity index (χ0v) is 10.4. The molecule has 0 saturated carbocycles. The van der Waals surface area contributed by atoms with Gasteiger partial charge in [0.05, 0.1) is 11.7 Å². The van der Waals surface area contributed by atoms with Crippen molar-refractivity contribution in [3.63, 3.8) is 0 Å². The number of aryl methyl sites for hydroxylation is 1. The van der Waals surface area contributed by atoms with Crippen LogP contribution in [0.1, 0.15) is 28.6 Å². The molecule has 0 aliphatic carbocycles. The molecule has 92 valence electrons. The smallest absolute Gasteiger partial charge is 0.115 e. The SMILES string of the molecule is Cc1cccc([C@@H]2NCCc3cc(O)ccc32)n1. The second kappa shape index (κ2) is 4.42. The first-order chi connectivity index (χ1) is 8.74. The summed E-state index contributed by atoms with van der Waals surface area (Å²) in [6.45, 7) is 2.92. The van der Waals surface area contributed by atoms with E-state index in [1.165, 1.54) is 11.1 Å². The van der Waals surface area contributed by atoms with E-state index in [9.17, 15) is 5.11 Å². The van der Waals surface area contributed by atoms with Crippen molar-refractivity contribution in [3.8, 4) is 5.75 Å². The molecule has 1 aliphatic rings. The van der Waals surface area contributed by atoms with E-state index in [1.807, 2.05) is 37.3 Å². The second-order valence-corrected chi connectivity index (χ2v) is 4.72. The van der Waals surface area contributed by atoms with E-state index in [0.29, 0.717) is 5.75 Å². The van der Waals surface area contributed by atoms with E-state index in [2.05, 4.69) is 10.3 Å². The van der Waals surface area contributed by atoms with Gasteiger partial charge in [0.1, 0.15) is 5.75 Å². The Morgan fingerprint density at radius 3 is 3.00 bits per heavy atom. The molecule has 0 amide bonds. The Balaban J connectivity index is 2.06. The lowest BCUT2D eigenvalue weighted by molar-refractivity contribution is 0.471. The predicted molar refractivity (Wildman–Crippen MR) is 70.6 cm³/mol. The monoisotopic (exact) mass is 240 g/mol. The van der Waals surface area contributed by atoms with Gasteiger partial charge in [-0.25, -0.2) is 0 Å². The Bertz CT molecular complexity index is 580. The van der Waals surface area contributed by atoms with E-state index in [1.54, 1.807) is 6.07 Å². The van der Waals surface area contributed by atoms with Crippen LogP contribution in [0.3, 0.4) is 0 Å². The molecular weight excluding hydrogens is 224 g/mol. The van der Waals surface area contributed by atoms with Gasteiger partial charge in [-0.15, -0.1) is 0 Å². The third-order valence-corrected chi connectivity index (χ3v) is 3.39. The fraction of sp³-hybridized carbons (Fsp3) is 0.267. The second-order valence-electron chi connectivity index (χ2n) is 4.72. The topological polar surface area (TPSA) is 45.1 Å². The zero-order valence-electron chi connectivity index (χ0n) is 10.4. The Morgan fingerprint density at radius 2 is 2.17 bits per heavy atom. The number of benzene rings is 1. The number of nitrogens with one attached hydrogen (secondary N) is 1. The van der Waals surface area contributed by atoms with Gasteiger partial charge in [-0.05, 0) is 48.7 Å². The molecule has 1 aromatic heterocycles. The minimum atomic E-state index is 0.134. The molecule has 0 fully saturated rings. The summed E-state index contributed by atoms with van der Waals surface area (Å²) >= 11 is 0. The number of fused-ring (bicyclic) bond motifs is 1. The molecule has 18 heavy (non-hydrogen) atoms. The van der Waals surface area contributed by atoms with Crippen LogP contribution in [0, 0.1) is 6.92 Å². The van der Waals surface area contributed by atoms with Crippen molar-refractivity contribution in [1.82, 2.24) is 10.3 Å². The highest BCUT2D eigenvalue weighted by atomic mass is 16.3. The molecule has 0 spiro atoms.